The first-order valence-corrected chi connectivity index (χ1v) is 2.84. The third-order valence-electron chi connectivity index (χ3n) is 1.17. The topological polar surface area (TPSA) is 75.6 Å². The van der Waals surface area contributed by atoms with Crippen LogP contribution < -0.4 is 5.32 Å². The van der Waals surface area contributed by atoms with Crippen LogP contribution in [0.5, 0.6) is 0 Å². The normalized spacial score (nSPS) is 24.6. The molecule has 5 nitrogen and oxygen atoms in total. The van der Waals surface area contributed by atoms with E-state index in [0.717, 1.165) is 0 Å². The molecule has 10 heavy (non-hydrogen) atoms. The lowest BCUT2D eigenvalue weighted by atomic mass is 10.3. The summed E-state index contributed by atoms with van der Waals surface area (Å²) in [6.45, 7) is 0.924. The molecule has 0 amide bonds. The Morgan fingerprint density at radius 2 is 2.30 bits per heavy atom. The van der Waals surface area contributed by atoms with Gasteiger partial charge in [-0.2, -0.15) is 0 Å². The van der Waals surface area contributed by atoms with Gasteiger partial charge in [-0.05, 0) is 0 Å². The number of rotatable bonds is 2. The third kappa shape index (κ3) is 1.31. The molecule has 1 heterocycles. The van der Waals surface area contributed by atoms with Crippen LogP contribution in [0.25, 0.3) is 0 Å². The number of carboxylic acid groups (broad SMARTS) is 1. The van der Waals surface area contributed by atoms with Gasteiger partial charge in [0, 0.05) is 6.54 Å². The van der Waals surface area contributed by atoms with E-state index in [0.29, 0.717) is 13.2 Å². The van der Waals surface area contributed by atoms with Crippen molar-refractivity contribution in [2.45, 2.75) is 6.23 Å². The van der Waals surface area contributed by atoms with Crippen molar-refractivity contribution >= 4 is 11.8 Å². The molecule has 0 aromatic rings. The maximum atomic E-state index is 10.6. The SMILES string of the molecule is O=C(O)C(=O)C1NCCO1. The number of hydrogen-bond donors (Lipinski definition) is 2. The quantitative estimate of drug-likeness (QED) is 0.467. The fourth-order valence-corrected chi connectivity index (χ4v) is 0.706. The van der Waals surface area contributed by atoms with Crippen molar-refractivity contribution < 1.29 is 19.4 Å². The molecule has 0 saturated carbocycles. The zero-order valence-corrected chi connectivity index (χ0v) is 5.16. The van der Waals surface area contributed by atoms with E-state index in [2.05, 4.69) is 5.32 Å². The van der Waals surface area contributed by atoms with Gasteiger partial charge in [0.2, 0.25) is 0 Å². The van der Waals surface area contributed by atoms with Crippen LogP contribution in [0.1, 0.15) is 0 Å². The number of hydrogen-bond acceptors (Lipinski definition) is 4. The maximum Gasteiger partial charge on any atom is 0.376 e. The maximum absolute atomic E-state index is 10.6. The molecule has 1 saturated heterocycles. The highest BCUT2D eigenvalue weighted by Crippen LogP contribution is 1.95. The summed E-state index contributed by atoms with van der Waals surface area (Å²) in [6.07, 6.45) is -0.933. The van der Waals surface area contributed by atoms with Crippen LogP contribution in [0, 0.1) is 0 Å². The molecule has 1 aliphatic heterocycles. The fraction of sp³-hybridized carbons (Fsp3) is 0.600. The molecule has 1 fully saturated rings. The summed E-state index contributed by atoms with van der Waals surface area (Å²) < 4.78 is 4.73. The monoisotopic (exact) mass is 145 g/mol. The number of carbonyl (C=O) groups is 2. The first-order valence-electron chi connectivity index (χ1n) is 2.84. The second-order valence-corrected chi connectivity index (χ2v) is 1.87. The third-order valence-corrected chi connectivity index (χ3v) is 1.17. The Labute approximate surface area is 57.0 Å². The van der Waals surface area contributed by atoms with E-state index in [9.17, 15) is 9.59 Å². The van der Waals surface area contributed by atoms with Crippen LogP contribution in [-0.2, 0) is 14.3 Å². The standard InChI is InChI=1S/C5H7NO4/c7-3(5(8)9)4-6-1-2-10-4/h4,6H,1-2H2,(H,8,9). The number of Topliss-reactive ketones (excluding diaryl/α,β-unsaturated/α-hetero) is 1. The largest absolute Gasteiger partial charge is 0.475 e. The van der Waals surface area contributed by atoms with Crippen LogP contribution in [-0.4, -0.2) is 36.2 Å². The van der Waals surface area contributed by atoms with Crippen LogP contribution in [0.3, 0.4) is 0 Å². The molecule has 1 unspecified atom stereocenters. The Morgan fingerprint density at radius 1 is 1.60 bits per heavy atom. The first kappa shape index (κ1) is 7.17. The molecular formula is C5H7NO4. The Kier molecular flexibility index (Phi) is 1.98. The van der Waals surface area contributed by atoms with E-state index in [4.69, 9.17) is 9.84 Å². The average molecular weight is 145 g/mol. The predicted octanol–water partition coefficient (Wildman–Crippen LogP) is -1.41. The van der Waals surface area contributed by atoms with Crippen molar-refractivity contribution in [2.24, 2.45) is 0 Å². The molecule has 0 spiro atoms. The minimum Gasteiger partial charge on any atom is -0.475 e. The molecule has 0 aromatic carbocycles. The van der Waals surface area contributed by atoms with Crippen LogP contribution in [0.15, 0.2) is 0 Å². The smallest absolute Gasteiger partial charge is 0.376 e. The number of carbonyl (C=O) groups excluding carboxylic acids is 1. The minimum atomic E-state index is -1.46. The van der Waals surface area contributed by atoms with Gasteiger partial charge < -0.3 is 9.84 Å². The second-order valence-electron chi connectivity index (χ2n) is 1.87. The number of carboxylic acids is 1. The summed E-state index contributed by atoms with van der Waals surface area (Å²) in [5, 5.41) is 10.8. The Hall–Kier alpha value is -0.940. The Balaban J connectivity index is 2.48. The van der Waals surface area contributed by atoms with Crippen LogP contribution >= 0.6 is 0 Å². The van der Waals surface area contributed by atoms with E-state index >= 15 is 0 Å². The lowest BCUT2D eigenvalue weighted by Crippen LogP contribution is -2.36. The van der Waals surface area contributed by atoms with Crippen LogP contribution in [0.4, 0.5) is 0 Å². The number of ether oxygens (including phenoxy) is 1. The van der Waals surface area contributed by atoms with Crippen molar-refractivity contribution in [2.75, 3.05) is 13.2 Å². The molecule has 5 heteroatoms. The highest BCUT2D eigenvalue weighted by molar-refractivity contribution is 6.34. The molecule has 0 aliphatic carbocycles. The second kappa shape index (κ2) is 2.76. The van der Waals surface area contributed by atoms with Crippen molar-refractivity contribution in [3.05, 3.63) is 0 Å². The van der Waals surface area contributed by atoms with Gasteiger partial charge in [0.15, 0.2) is 6.23 Å². The lowest BCUT2D eigenvalue weighted by Gasteiger charge is -2.02. The minimum absolute atomic E-state index is 0.393. The lowest BCUT2D eigenvalue weighted by molar-refractivity contribution is -0.154. The molecule has 0 aromatic heterocycles. The zero-order valence-electron chi connectivity index (χ0n) is 5.16. The van der Waals surface area contributed by atoms with E-state index in [1.807, 2.05) is 0 Å². The van der Waals surface area contributed by atoms with Gasteiger partial charge in [-0.3, -0.25) is 10.1 Å². The fourth-order valence-electron chi connectivity index (χ4n) is 0.706. The summed E-state index contributed by atoms with van der Waals surface area (Å²) in [4.78, 5) is 20.6. The van der Waals surface area contributed by atoms with Gasteiger partial charge in [0.05, 0.1) is 6.61 Å². The molecule has 1 aliphatic rings. The average Bonchev–Trinajstić information content (AvgIpc) is 2.36. The zero-order chi connectivity index (χ0) is 7.56. The van der Waals surface area contributed by atoms with Crippen molar-refractivity contribution in [3.8, 4) is 0 Å². The Bertz CT molecular complexity index is 161. The highest BCUT2D eigenvalue weighted by Gasteiger charge is 2.27. The van der Waals surface area contributed by atoms with Gasteiger partial charge in [-0.25, -0.2) is 4.79 Å². The summed E-state index contributed by atoms with van der Waals surface area (Å²) in [5.74, 6) is -2.39. The van der Waals surface area contributed by atoms with Gasteiger partial charge >= 0.3 is 5.97 Å². The number of ketones is 1. The Morgan fingerprint density at radius 3 is 2.70 bits per heavy atom. The molecule has 0 bridgehead atoms. The van der Waals surface area contributed by atoms with Gasteiger partial charge in [-0.15, -0.1) is 0 Å². The molecule has 0 radical (unpaired) electrons. The van der Waals surface area contributed by atoms with E-state index in [1.165, 1.54) is 0 Å². The van der Waals surface area contributed by atoms with Gasteiger partial charge in [0.1, 0.15) is 0 Å². The summed E-state index contributed by atoms with van der Waals surface area (Å²) in [6, 6.07) is 0. The van der Waals surface area contributed by atoms with Crippen molar-refractivity contribution in [1.82, 2.24) is 5.32 Å². The predicted molar refractivity (Wildman–Crippen MR) is 30.4 cm³/mol. The molecular weight excluding hydrogens is 138 g/mol. The molecule has 1 rings (SSSR count). The first-order chi connectivity index (χ1) is 4.72. The van der Waals surface area contributed by atoms with Gasteiger partial charge in [0.25, 0.3) is 5.78 Å². The molecule has 2 N–H and O–H groups in total. The van der Waals surface area contributed by atoms with Crippen molar-refractivity contribution in [1.29, 1.82) is 0 Å². The number of nitrogens with one attached hydrogen (secondary N) is 1. The molecule has 56 valence electrons. The molecule has 1 atom stereocenters. The van der Waals surface area contributed by atoms with E-state index in [1.54, 1.807) is 0 Å². The summed E-state index contributed by atoms with van der Waals surface area (Å²) in [7, 11) is 0. The van der Waals surface area contributed by atoms with Crippen LogP contribution in [0.2, 0.25) is 0 Å². The summed E-state index contributed by atoms with van der Waals surface area (Å²) in [5.41, 5.74) is 0. The van der Waals surface area contributed by atoms with Crippen molar-refractivity contribution in [3.63, 3.8) is 0 Å². The van der Waals surface area contributed by atoms with E-state index < -0.39 is 18.0 Å². The highest BCUT2D eigenvalue weighted by atomic mass is 16.5. The van der Waals surface area contributed by atoms with Gasteiger partial charge in [-0.1, -0.05) is 0 Å². The number of aliphatic carboxylic acids is 1. The van der Waals surface area contributed by atoms with E-state index in [-0.39, 0.29) is 0 Å². The summed E-state index contributed by atoms with van der Waals surface area (Å²) >= 11 is 0.